The minimum absolute atomic E-state index is 0.0846. The third-order valence-electron chi connectivity index (χ3n) is 4.66. The van der Waals surface area contributed by atoms with Gasteiger partial charge in [0.15, 0.2) is 0 Å². The van der Waals surface area contributed by atoms with Crippen LogP contribution in [0.2, 0.25) is 0 Å². The molecule has 2 aliphatic rings. The highest BCUT2D eigenvalue weighted by Gasteiger charge is 2.39. The number of hydrogen-bond donors (Lipinski definition) is 0. The number of halogens is 2. The van der Waals surface area contributed by atoms with Crippen molar-refractivity contribution >= 4 is 11.5 Å². The standard InChI is InChI=1S/C20H17F2NO/c21-16-8-9-18(22)17(11-16)15-10-19(13-4-2-1-3-5-13)23(12-15)20(24)14-6-7-14/h1-5,8-11,14,19H,6-7,12H2. The van der Waals surface area contributed by atoms with E-state index in [1.165, 1.54) is 6.07 Å². The maximum atomic E-state index is 14.1. The molecule has 4 heteroatoms. The summed E-state index contributed by atoms with van der Waals surface area (Å²) >= 11 is 0. The largest absolute Gasteiger partial charge is 0.328 e. The summed E-state index contributed by atoms with van der Waals surface area (Å²) in [5.41, 5.74) is 1.88. The van der Waals surface area contributed by atoms with E-state index in [0.29, 0.717) is 12.1 Å². The zero-order valence-electron chi connectivity index (χ0n) is 13.1. The molecule has 1 amide bonds. The van der Waals surface area contributed by atoms with E-state index in [1.54, 1.807) is 4.90 Å². The summed E-state index contributed by atoms with van der Waals surface area (Å²) in [7, 11) is 0. The summed E-state index contributed by atoms with van der Waals surface area (Å²) < 4.78 is 27.7. The van der Waals surface area contributed by atoms with Crippen LogP contribution >= 0.6 is 0 Å². The van der Waals surface area contributed by atoms with Gasteiger partial charge in [-0.2, -0.15) is 0 Å². The van der Waals surface area contributed by atoms with Crippen molar-refractivity contribution in [3.8, 4) is 0 Å². The van der Waals surface area contributed by atoms with E-state index in [0.717, 1.165) is 30.5 Å². The molecule has 1 unspecified atom stereocenters. The molecule has 2 nitrogen and oxygen atoms in total. The Morgan fingerprint density at radius 2 is 1.79 bits per heavy atom. The molecule has 0 spiro atoms. The van der Waals surface area contributed by atoms with Crippen LogP contribution in [-0.2, 0) is 4.79 Å². The first-order valence-electron chi connectivity index (χ1n) is 8.15. The molecular weight excluding hydrogens is 308 g/mol. The van der Waals surface area contributed by atoms with Gasteiger partial charge in [-0.25, -0.2) is 8.78 Å². The first-order chi connectivity index (χ1) is 11.6. The molecule has 4 rings (SSSR count). The van der Waals surface area contributed by atoms with Gasteiger partial charge in [0.25, 0.3) is 0 Å². The molecule has 122 valence electrons. The lowest BCUT2D eigenvalue weighted by molar-refractivity contribution is -0.133. The Labute approximate surface area is 139 Å². The highest BCUT2D eigenvalue weighted by molar-refractivity contribution is 5.86. The lowest BCUT2D eigenvalue weighted by Crippen LogP contribution is -2.32. The molecule has 0 N–H and O–H groups in total. The van der Waals surface area contributed by atoms with Gasteiger partial charge in [0.1, 0.15) is 11.6 Å². The summed E-state index contributed by atoms with van der Waals surface area (Å²) in [6, 6.07) is 12.9. The van der Waals surface area contributed by atoms with Gasteiger partial charge in [-0.1, -0.05) is 36.4 Å². The highest BCUT2D eigenvalue weighted by atomic mass is 19.1. The Balaban J connectivity index is 1.73. The Morgan fingerprint density at radius 1 is 1.04 bits per heavy atom. The summed E-state index contributed by atoms with van der Waals surface area (Å²) in [5, 5.41) is 0. The molecule has 1 fully saturated rings. The SMILES string of the molecule is O=C(C1CC1)N1CC(c2cc(F)ccc2F)=CC1c1ccccc1. The summed E-state index contributed by atoms with van der Waals surface area (Å²) in [5.74, 6) is -0.751. The maximum Gasteiger partial charge on any atom is 0.226 e. The predicted octanol–water partition coefficient (Wildman–Crippen LogP) is 4.34. The second kappa shape index (κ2) is 5.86. The average Bonchev–Trinajstić information content (AvgIpc) is 3.36. The van der Waals surface area contributed by atoms with Gasteiger partial charge in [0.05, 0.1) is 6.04 Å². The second-order valence-corrected chi connectivity index (χ2v) is 6.41. The van der Waals surface area contributed by atoms with Crippen LogP contribution in [-0.4, -0.2) is 17.4 Å². The Hall–Kier alpha value is -2.49. The van der Waals surface area contributed by atoms with Gasteiger partial charge in [-0.05, 0) is 42.2 Å². The second-order valence-electron chi connectivity index (χ2n) is 6.41. The van der Waals surface area contributed by atoms with Crippen LogP contribution in [0.3, 0.4) is 0 Å². The maximum absolute atomic E-state index is 14.1. The molecule has 0 radical (unpaired) electrons. The normalized spacial score (nSPS) is 20.2. The van der Waals surface area contributed by atoms with Crippen LogP contribution in [0.15, 0.2) is 54.6 Å². The van der Waals surface area contributed by atoms with Crippen LogP contribution in [0.4, 0.5) is 8.78 Å². The van der Waals surface area contributed by atoms with E-state index >= 15 is 0 Å². The molecule has 2 aromatic carbocycles. The molecule has 24 heavy (non-hydrogen) atoms. The van der Waals surface area contributed by atoms with Crippen LogP contribution in [0.1, 0.15) is 30.0 Å². The van der Waals surface area contributed by atoms with Gasteiger partial charge < -0.3 is 4.90 Å². The molecular formula is C20H17F2NO. The van der Waals surface area contributed by atoms with Gasteiger partial charge >= 0.3 is 0 Å². The summed E-state index contributed by atoms with van der Waals surface area (Å²) in [6.07, 6.45) is 3.72. The van der Waals surface area contributed by atoms with Crippen LogP contribution in [0, 0.1) is 17.6 Å². The Kier molecular flexibility index (Phi) is 3.68. The molecule has 1 atom stereocenters. The molecule has 1 saturated carbocycles. The van der Waals surface area contributed by atoms with E-state index in [9.17, 15) is 13.6 Å². The smallest absolute Gasteiger partial charge is 0.226 e. The quantitative estimate of drug-likeness (QED) is 0.822. The van der Waals surface area contributed by atoms with E-state index in [2.05, 4.69) is 0 Å². The fraction of sp³-hybridized carbons (Fsp3) is 0.250. The summed E-state index contributed by atoms with van der Waals surface area (Å²) in [4.78, 5) is 14.4. The van der Waals surface area contributed by atoms with E-state index in [4.69, 9.17) is 0 Å². The van der Waals surface area contributed by atoms with Gasteiger partial charge in [-0.15, -0.1) is 0 Å². The van der Waals surface area contributed by atoms with E-state index in [1.807, 2.05) is 36.4 Å². The number of hydrogen-bond acceptors (Lipinski definition) is 1. The van der Waals surface area contributed by atoms with Crippen molar-refractivity contribution in [2.24, 2.45) is 5.92 Å². The number of rotatable bonds is 3. The number of carbonyl (C=O) groups is 1. The molecule has 0 saturated heterocycles. The lowest BCUT2D eigenvalue weighted by atomic mass is 10.0. The Morgan fingerprint density at radius 3 is 2.50 bits per heavy atom. The van der Waals surface area contributed by atoms with Crippen molar-refractivity contribution in [3.63, 3.8) is 0 Å². The van der Waals surface area contributed by atoms with Crippen molar-refractivity contribution < 1.29 is 13.6 Å². The van der Waals surface area contributed by atoms with Crippen molar-refractivity contribution in [2.75, 3.05) is 6.54 Å². The lowest BCUT2D eigenvalue weighted by Gasteiger charge is -2.25. The topological polar surface area (TPSA) is 20.3 Å². The molecule has 1 aliphatic heterocycles. The third kappa shape index (κ3) is 2.73. The molecule has 2 aromatic rings. The van der Waals surface area contributed by atoms with Crippen molar-refractivity contribution in [1.29, 1.82) is 0 Å². The van der Waals surface area contributed by atoms with Gasteiger partial charge in [0, 0.05) is 18.0 Å². The molecule has 1 aliphatic carbocycles. The fourth-order valence-electron chi connectivity index (χ4n) is 3.24. The van der Waals surface area contributed by atoms with Crippen LogP contribution in [0.25, 0.3) is 5.57 Å². The zero-order valence-corrected chi connectivity index (χ0v) is 13.1. The first kappa shape index (κ1) is 15.1. The Bertz CT molecular complexity index is 812. The number of amides is 1. The van der Waals surface area contributed by atoms with Crippen molar-refractivity contribution in [1.82, 2.24) is 4.90 Å². The van der Waals surface area contributed by atoms with E-state index in [-0.39, 0.29) is 23.4 Å². The molecule has 0 aromatic heterocycles. The number of nitrogens with zero attached hydrogens (tertiary/aromatic N) is 1. The fourth-order valence-corrected chi connectivity index (χ4v) is 3.24. The minimum Gasteiger partial charge on any atom is -0.328 e. The van der Waals surface area contributed by atoms with Crippen LogP contribution in [0.5, 0.6) is 0 Å². The predicted molar refractivity (Wildman–Crippen MR) is 88.0 cm³/mol. The third-order valence-corrected chi connectivity index (χ3v) is 4.66. The molecule has 1 heterocycles. The zero-order chi connectivity index (χ0) is 16.7. The van der Waals surface area contributed by atoms with Crippen molar-refractivity contribution in [3.05, 3.63) is 77.4 Å². The van der Waals surface area contributed by atoms with Gasteiger partial charge in [-0.3, -0.25) is 4.79 Å². The summed E-state index contributed by atoms with van der Waals surface area (Å²) in [6.45, 7) is 0.315. The molecule has 0 bridgehead atoms. The minimum atomic E-state index is -0.476. The average molecular weight is 325 g/mol. The number of benzene rings is 2. The number of carbonyl (C=O) groups excluding carboxylic acids is 1. The monoisotopic (exact) mass is 325 g/mol. The van der Waals surface area contributed by atoms with Crippen LogP contribution < -0.4 is 0 Å². The highest BCUT2D eigenvalue weighted by Crippen LogP contribution is 2.40. The van der Waals surface area contributed by atoms with Gasteiger partial charge in [0.2, 0.25) is 5.91 Å². The first-order valence-corrected chi connectivity index (χ1v) is 8.15. The van der Waals surface area contributed by atoms with Crippen molar-refractivity contribution in [2.45, 2.75) is 18.9 Å². The van der Waals surface area contributed by atoms with E-state index < -0.39 is 11.6 Å².